The molecule has 2 heterocycles. The van der Waals surface area contributed by atoms with Crippen molar-refractivity contribution in [2.45, 2.75) is 19.4 Å². The largest absolute Gasteiger partial charge is 0.496 e. The van der Waals surface area contributed by atoms with Gasteiger partial charge >= 0.3 is 5.97 Å². The number of para-hydroxylation sites is 1. The molecular weight excluding hydrogens is 256 g/mol. The van der Waals surface area contributed by atoms with Gasteiger partial charge in [0.25, 0.3) is 0 Å². The van der Waals surface area contributed by atoms with Crippen LogP contribution in [0.25, 0.3) is 5.57 Å². The Morgan fingerprint density at radius 3 is 2.75 bits per heavy atom. The van der Waals surface area contributed by atoms with E-state index in [1.165, 1.54) is 6.92 Å². The second kappa shape index (κ2) is 4.78. The van der Waals surface area contributed by atoms with Gasteiger partial charge in [-0.3, -0.25) is 9.59 Å². The molecule has 0 saturated carbocycles. The van der Waals surface area contributed by atoms with Crippen molar-refractivity contribution < 1.29 is 19.1 Å². The monoisotopic (exact) mass is 272 g/mol. The lowest BCUT2D eigenvalue weighted by atomic mass is 9.73. The normalized spacial score (nSPS) is 27.8. The van der Waals surface area contributed by atoms with Gasteiger partial charge in [0, 0.05) is 17.1 Å². The lowest BCUT2D eigenvalue weighted by Gasteiger charge is -2.39. The average molecular weight is 272 g/mol. The molecular formula is C16H16O4. The second-order valence-corrected chi connectivity index (χ2v) is 5.23. The summed E-state index contributed by atoms with van der Waals surface area (Å²) in [6.45, 7) is 1.54. The third kappa shape index (κ3) is 1.92. The Balaban J connectivity index is 2.04. The average Bonchev–Trinajstić information content (AvgIpc) is 2.46. The van der Waals surface area contributed by atoms with Gasteiger partial charge < -0.3 is 9.47 Å². The minimum absolute atomic E-state index is 0.0481. The Morgan fingerprint density at radius 1 is 1.35 bits per heavy atom. The summed E-state index contributed by atoms with van der Waals surface area (Å²) in [7, 11) is 1.62. The molecule has 1 aromatic carbocycles. The fourth-order valence-electron chi connectivity index (χ4n) is 3.05. The molecule has 2 aliphatic heterocycles. The van der Waals surface area contributed by atoms with Crippen LogP contribution in [0.5, 0.6) is 5.75 Å². The first-order valence-electron chi connectivity index (χ1n) is 6.68. The molecule has 1 saturated heterocycles. The first-order valence-corrected chi connectivity index (χ1v) is 6.68. The van der Waals surface area contributed by atoms with Crippen molar-refractivity contribution in [2.75, 3.05) is 7.11 Å². The number of rotatable bonds is 3. The van der Waals surface area contributed by atoms with Crippen molar-refractivity contribution in [3.63, 3.8) is 0 Å². The highest BCUT2D eigenvalue weighted by atomic mass is 16.5. The topological polar surface area (TPSA) is 52.6 Å². The van der Waals surface area contributed by atoms with Crippen LogP contribution in [0.2, 0.25) is 0 Å². The van der Waals surface area contributed by atoms with Crippen LogP contribution in [0, 0.1) is 11.8 Å². The molecule has 2 bridgehead atoms. The van der Waals surface area contributed by atoms with E-state index in [2.05, 4.69) is 0 Å². The summed E-state index contributed by atoms with van der Waals surface area (Å²) in [5, 5.41) is 0. The number of fused-ring (bicyclic) bond motifs is 2. The van der Waals surface area contributed by atoms with E-state index < -0.39 is 5.92 Å². The Labute approximate surface area is 117 Å². The molecule has 4 heteroatoms. The number of benzene rings is 1. The van der Waals surface area contributed by atoms with Gasteiger partial charge in [-0.15, -0.1) is 0 Å². The zero-order valence-corrected chi connectivity index (χ0v) is 11.5. The van der Waals surface area contributed by atoms with Gasteiger partial charge in [-0.05, 0) is 19.4 Å². The van der Waals surface area contributed by atoms with E-state index in [9.17, 15) is 9.59 Å². The molecule has 3 atom stereocenters. The zero-order valence-electron chi connectivity index (χ0n) is 11.5. The number of esters is 1. The highest BCUT2D eigenvalue weighted by Crippen LogP contribution is 2.43. The minimum atomic E-state index is -0.461. The van der Waals surface area contributed by atoms with E-state index in [4.69, 9.17) is 9.47 Å². The standard InChI is InChI=1S/C16H16O4/c1-9(17)11-8-15-12(7-13(11)16(18)20-15)10-5-3-4-6-14(10)19-2/h3-7,11,13,15H,8H2,1-2H3/t11-,13+,15+/m1/s1. The zero-order chi connectivity index (χ0) is 14.3. The van der Waals surface area contributed by atoms with E-state index >= 15 is 0 Å². The molecule has 0 radical (unpaired) electrons. The molecule has 4 rings (SSSR count). The summed E-state index contributed by atoms with van der Waals surface area (Å²) >= 11 is 0. The highest BCUT2D eigenvalue weighted by Gasteiger charge is 2.46. The maximum Gasteiger partial charge on any atom is 0.314 e. The Hall–Kier alpha value is -2.10. The molecule has 0 N–H and O–H groups in total. The third-order valence-corrected chi connectivity index (χ3v) is 4.08. The van der Waals surface area contributed by atoms with Gasteiger partial charge in [-0.25, -0.2) is 0 Å². The Kier molecular flexibility index (Phi) is 3.08. The summed E-state index contributed by atoms with van der Waals surface area (Å²) in [6.07, 6.45) is 2.09. The Bertz CT molecular complexity index is 602. The van der Waals surface area contributed by atoms with Crippen molar-refractivity contribution >= 4 is 17.3 Å². The van der Waals surface area contributed by atoms with E-state index in [0.29, 0.717) is 6.42 Å². The number of hydrogen-bond acceptors (Lipinski definition) is 4. The van der Waals surface area contributed by atoms with Crippen LogP contribution in [-0.4, -0.2) is 25.0 Å². The third-order valence-electron chi connectivity index (χ3n) is 4.08. The minimum Gasteiger partial charge on any atom is -0.496 e. The van der Waals surface area contributed by atoms with Crippen molar-refractivity contribution in [3.05, 3.63) is 35.9 Å². The van der Waals surface area contributed by atoms with E-state index in [0.717, 1.165) is 16.9 Å². The molecule has 20 heavy (non-hydrogen) atoms. The number of carbonyl (C=O) groups excluding carboxylic acids is 2. The van der Waals surface area contributed by atoms with Gasteiger partial charge in [-0.2, -0.15) is 0 Å². The van der Waals surface area contributed by atoms with Crippen molar-refractivity contribution in [1.82, 2.24) is 0 Å². The molecule has 1 aliphatic carbocycles. The lowest BCUT2D eigenvalue weighted by Crippen LogP contribution is -2.44. The second-order valence-electron chi connectivity index (χ2n) is 5.23. The maximum absolute atomic E-state index is 11.9. The number of hydrogen-bond donors (Lipinski definition) is 0. The number of Topliss-reactive ketones (excluding diaryl/α,β-unsaturated/α-hetero) is 1. The summed E-state index contributed by atoms with van der Waals surface area (Å²) < 4.78 is 10.8. The summed E-state index contributed by atoms with van der Waals surface area (Å²) in [5.74, 6) is -0.203. The van der Waals surface area contributed by atoms with Crippen LogP contribution in [-0.2, 0) is 14.3 Å². The van der Waals surface area contributed by atoms with Crippen LogP contribution in [0.4, 0.5) is 0 Å². The van der Waals surface area contributed by atoms with E-state index in [1.807, 2.05) is 30.3 Å². The van der Waals surface area contributed by atoms with Gasteiger partial charge in [0.2, 0.25) is 0 Å². The first-order chi connectivity index (χ1) is 9.61. The van der Waals surface area contributed by atoms with E-state index in [-0.39, 0.29) is 23.8 Å². The molecule has 1 fully saturated rings. The van der Waals surface area contributed by atoms with Crippen LogP contribution < -0.4 is 4.74 Å². The van der Waals surface area contributed by atoms with Crippen LogP contribution in [0.15, 0.2) is 30.3 Å². The molecule has 104 valence electrons. The van der Waals surface area contributed by atoms with Crippen LogP contribution in [0.1, 0.15) is 18.9 Å². The molecule has 4 nitrogen and oxygen atoms in total. The smallest absolute Gasteiger partial charge is 0.314 e. The summed E-state index contributed by atoms with van der Waals surface area (Å²) in [4.78, 5) is 23.5. The number of ether oxygens (including phenoxy) is 2. The summed E-state index contributed by atoms with van der Waals surface area (Å²) in [5.41, 5.74) is 1.88. The first kappa shape index (κ1) is 12.9. The molecule has 0 aromatic heterocycles. The van der Waals surface area contributed by atoms with Crippen molar-refractivity contribution in [2.24, 2.45) is 11.8 Å². The molecule has 0 spiro atoms. The van der Waals surface area contributed by atoms with Gasteiger partial charge in [-0.1, -0.05) is 24.3 Å². The number of ketones is 1. The van der Waals surface area contributed by atoms with Crippen molar-refractivity contribution in [3.8, 4) is 5.75 Å². The van der Waals surface area contributed by atoms with Crippen LogP contribution in [0.3, 0.4) is 0 Å². The SMILES string of the molecule is COc1ccccc1C1=C[C@@H]2C(=O)O[C@H]1C[C@@H]2C(C)=O. The predicted octanol–water partition coefficient (Wildman–Crippen LogP) is 2.23. The molecule has 1 aromatic rings. The predicted molar refractivity (Wildman–Crippen MR) is 73.1 cm³/mol. The number of carbonyl (C=O) groups is 2. The van der Waals surface area contributed by atoms with Crippen molar-refractivity contribution in [1.29, 1.82) is 0 Å². The fourth-order valence-corrected chi connectivity index (χ4v) is 3.05. The van der Waals surface area contributed by atoms with Gasteiger partial charge in [0.1, 0.15) is 17.6 Å². The van der Waals surface area contributed by atoms with Gasteiger partial charge in [0.15, 0.2) is 0 Å². The number of methoxy groups -OCH3 is 1. The van der Waals surface area contributed by atoms with Crippen LogP contribution >= 0.6 is 0 Å². The maximum atomic E-state index is 11.9. The molecule has 0 unspecified atom stereocenters. The lowest BCUT2D eigenvalue weighted by molar-refractivity contribution is -0.162. The fraction of sp³-hybridized carbons (Fsp3) is 0.375. The van der Waals surface area contributed by atoms with Gasteiger partial charge in [0.05, 0.1) is 13.0 Å². The molecule has 0 amide bonds. The Morgan fingerprint density at radius 2 is 2.10 bits per heavy atom. The molecule has 3 aliphatic rings. The van der Waals surface area contributed by atoms with E-state index in [1.54, 1.807) is 7.11 Å². The highest BCUT2D eigenvalue weighted by molar-refractivity contribution is 5.93. The quantitative estimate of drug-likeness (QED) is 0.792. The summed E-state index contributed by atoms with van der Waals surface area (Å²) in [6, 6.07) is 7.64.